The molecule has 1 fully saturated rings. The van der Waals surface area contributed by atoms with E-state index < -0.39 is 74.2 Å². The number of carbonyl (C=O) groups excluding carboxylic acids is 1. The van der Waals surface area contributed by atoms with E-state index in [1.165, 1.54) is 205 Å². The summed E-state index contributed by atoms with van der Waals surface area (Å²) in [7, 11) is 0. The van der Waals surface area contributed by atoms with Gasteiger partial charge in [0.15, 0.2) is 6.29 Å². The fourth-order valence-corrected chi connectivity index (χ4v) is 9.75. The predicted octanol–water partition coefficient (Wildman–Crippen LogP) is 12.4. The molecule has 0 aromatic heterocycles. The molecule has 1 aliphatic heterocycles. The van der Waals surface area contributed by atoms with E-state index >= 15 is 0 Å². The van der Waals surface area contributed by atoms with Gasteiger partial charge in [-0.05, 0) is 32.1 Å². The summed E-state index contributed by atoms with van der Waals surface area (Å²) in [5, 5.41) is 75.4. The first kappa shape index (κ1) is 65.9. The van der Waals surface area contributed by atoms with Crippen LogP contribution in [0.5, 0.6) is 0 Å². The molecule has 410 valence electrons. The summed E-state index contributed by atoms with van der Waals surface area (Å²) >= 11 is 0. The zero-order valence-electron chi connectivity index (χ0n) is 44.8. The molecule has 1 saturated heterocycles. The summed E-state index contributed by atoms with van der Waals surface area (Å²) in [4.78, 5) is 13.1. The Morgan fingerprint density at radius 2 is 0.870 bits per heavy atom. The van der Waals surface area contributed by atoms with Crippen LogP contribution in [-0.4, -0.2) is 110 Å². The largest absolute Gasteiger partial charge is 0.394 e. The number of hydrogen-bond donors (Lipinski definition) is 8. The molecule has 1 rings (SSSR count). The van der Waals surface area contributed by atoms with Crippen molar-refractivity contribution in [3.05, 3.63) is 12.2 Å². The Kier molecular flexibility index (Phi) is 45.7. The Bertz CT molecular complexity index is 1130. The molecule has 0 aliphatic carbocycles. The standard InChI is InChI=1S/C58H113NO10/c1-3-5-7-9-11-12-13-14-15-16-17-18-19-20-21-22-23-24-25-26-27-28-29-30-31-32-33-34-35-36-37-38-39-40-42-44-46-51(62)57(67)59-49(53(63)50(61)45-43-41-10-8-6-4-2)48-68-58-56(66)55(65)54(64)52(47-60)69-58/h8,10,49-56,58,60-66H,3-7,9,11-48H2,1-2H3,(H,59,67)/b10-8+. The van der Waals surface area contributed by atoms with Crippen LogP contribution in [0.25, 0.3) is 0 Å². The highest BCUT2D eigenvalue weighted by atomic mass is 16.7. The number of ether oxygens (including phenoxy) is 2. The second-order valence-corrected chi connectivity index (χ2v) is 21.1. The SMILES string of the molecule is CCC/C=C/CCCC(O)C(O)C(COC1OC(CO)C(O)C(O)C1O)NC(=O)C(O)CCCCCCCCCCCCCCCCCCCCCCCCCCCCCCCCCCCCCC. The number of rotatable bonds is 51. The van der Waals surface area contributed by atoms with Crippen molar-refractivity contribution in [1.29, 1.82) is 0 Å². The molecule has 0 saturated carbocycles. The van der Waals surface area contributed by atoms with Crippen LogP contribution in [0.2, 0.25) is 0 Å². The number of aliphatic hydroxyl groups is 7. The molecule has 1 amide bonds. The third-order valence-corrected chi connectivity index (χ3v) is 14.5. The maximum absolute atomic E-state index is 13.1. The van der Waals surface area contributed by atoms with E-state index in [9.17, 15) is 40.5 Å². The lowest BCUT2D eigenvalue weighted by atomic mass is 9.98. The smallest absolute Gasteiger partial charge is 0.249 e. The van der Waals surface area contributed by atoms with Gasteiger partial charge in [0, 0.05) is 0 Å². The fraction of sp³-hybridized carbons (Fsp3) is 0.948. The van der Waals surface area contributed by atoms with E-state index in [4.69, 9.17) is 9.47 Å². The molecule has 1 aliphatic rings. The quantitative estimate of drug-likeness (QED) is 0.0215. The van der Waals surface area contributed by atoms with Crippen molar-refractivity contribution in [2.24, 2.45) is 0 Å². The average Bonchev–Trinajstić information content (AvgIpc) is 3.35. The Morgan fingerprint density at radius 3 is 1.25 bits per heavy atom. The highest BCUT2D eigenvalue weighted by molar-refractivity contribution is 5.80. The highest BCUT2D eigenvalue weighted by Crippen LogP contribution is 2.23. The second-order valence-electron chi connectivity index (χ2n) is 21.1. The lowest BCUT2D eigenvalue weighted by Crippen LogP contribution is -2.60. The van der Waals surface area contributed by atoms with Gasteiger partial charge >= 0.3 is 0 Å². The highest BCUT2D eigenvalue weighted by Gasteiger charge is 2.44. The minimum atomic E-state index is -1.66. The molecule has 0 aromatic carbocycles. The summed E-state index contributed by atoms with van der Waals surface area (Å²) in [5.41, 5.74) is 0. The maximum atomic E-state index is 13.1. The van der Waals surface area contributed by atoms with Crippen LogP contribution in [0, 0.1) is 0 Å². The van der Waals surface area contributed by atoms with Crippen LogP contribution in [0.1, 0.15) is 284 Å². The molecule has 9 atom stereocenters. The Balaban J connectivity index is 2.03. The summed E-state index contributed by atoms with van der Waals surface area (Å²) in [6.07, 6.45) is 45.3. The van der Waals surface area contributed by atoms with E-state index in [0.717, 1.165) is 38.5 Å². The third-order valence-electron chi connectivity index (χ3n) is 14.5. The summed E-state index contributed by atoms with van der Waals surface area (Å²) in [5.74, 6) is -0.706. The number of amides is 1. The van der Waals surface area contributed by atoms with Crippen LogP contribution in [0.3, 0.4) is 0 Å². The summed E-state index contributed by atoms with van der Waals surface area (Å²) in [6, 6.07) is -1.18. The van der Waals surface area contributed by atoms with Crippen molar-refractivity contribution in [1.82, 2.24) is 5.32 Å². The molecule has 0 aromatic rings. The molecule has 0 spiro atoms. The van der Waals surface area contributed by atoms with Gasteiger partial charge in [-0.1, -0.05) is 264 Å². The minimum absolute atomic E-state index is 0.256. The van der Waals surface area contributed by atoms with Crippen molar-refractivity contribution in [2.75, 3.05) is 13.2 Å². The molecular weight excluding hydrogens is 871 g/mol. The second kappa shape index (κ2) is 47.8. The van der Waals surface area contributed by atoms with Crippen molar-refractivity contribution in [3.8, 4) is 0 Å². The first-order valence-corrected chi connectivity index (χ1v) is 29.6. The normalized spacial score (nSPS) is 20.4. The van der Waals surface area contributed by atoms with Gasteiger partial charge in [0.2, 0.25) is 5.91 Å². The summed E-state index contributed by atoms with van der Waals surface area (Å²) in [6.45, 7) is 3.32. The number of allylic oxidation sites excluding steroid dienone is 2. The van der Waals surface area contributed by atoms with Gasteiger partial charge in [-0.2, -0.15) is 0 Å². The first-order valence-electron chi connectivity index (χ1n) is 29.6. The van der Waals surface area contributed by atoms with Crippen molar-refractivity contribution >= 4 is 5.91 Å². The number of hydrogen-bond acceptors (Lipinski definition) is 10. The zero-order chi connectivity index (χ0) is 50.4. The van der Waals surface area contributed by atoms with Gasteiger partial charge < -0.3 is 50.5 Å². The van der Waals surface area contributed by atoms with Crippen molar-refractivity contribution < 1.29 is 50.0 Å². The van der Waals surface area contributed by atoms with Crippen molar-refractivity contribution in [2.45, 2.75) is 339 Å². The van der Waals surface area contributed by atoms with E-state index in [1.54, 1.807) is 0 Å². The molecule has 0 bridgehead atoms. The summed E-state index contributed by atoms with van der Waals surface area (Å²) < 4.78 is 11.0. The lowest BCUT2D eigenvalue weighted by Gasteiger charge is -2.40. The van der Waals surface area contributed by atoms with Crippen LogP contribution >= 0.6 is 0 Å². The average molecular weight is 985 g/mol. The fourth-order valence-electron chi connectivity index (χ4n) is 9.75. The monoisotopic (exact) mass is 984 g/mol. The first-order chi connectivity index (χ1) is 33.7. The number of nitrogens with one attached hydrogen (secondary N) is 1. The van der Waals surface area contributed by atoms with Gasteiger partial charge in [-0.3, -0.25) is 4.79 Å². The van der Waals surface area contributed by atoms with Gasteiger partial charge in [-0.15, -0.1) is 0 Å². The Hall–Kier alpha value is -1.15. The van der Waals surface area contributed by atoms with E-state index in [1.807, 2.05) is 6.08 Å². The van der Waals surface area contributed by atoms with Gasteiger partial charge in [-0.25, -0.2) is 0 Å². The molecule has 1 heterocycles. The Morgan fingerprint density at radius 1 is 0.493 bits per heavy atom. The topological polar surface area (TPSA) is 189 Å². The van der Waals surface area contributed by atoms with Crippen LogP contribution in [-0.2, 0) is 14.3 Å². The van der Waals surface area contributed by atoms with Gasteiger partial charge in [0.05, 0.1) is 25.4 Å². The van der Waals surface area contributed by atoms with Crippen LogP contribution in [0.15, 0.2) is 12.2 Å². The number of aliphatic hydroxyl groups excluding tert-OH is 7. The van der Waals surface area contributed by atoms with Crippen molar-refractivity contribution in [3.63, 3.8) is 0 Å². The molecule has 11 nitrogen and oxygen atoms in total. The zero-order valence-corrected chi connectivity index (χ0v) is 44.8. The van der Waals surface area contributed by atoms with Gasteiger partial charge in [0.25, 0.3) is 0 Å². The molecular formula is C58H113NO10. The number of unbranched alkanes of at least 4 members (excludes halogenated alkanes) is 37. The molecule has 0 radical (unpaired) electrons. The van der Waals surface area contributed by atoms with E-state index in [-0.39, 0.29) is 12.8 Å². The predicted molar refractivity (Wildman–Crippen MR) is 284 cm³/mol. The molecule has 11 heteroatoms. The lowest BCUT2D eigenvalue weighted by molar-refractivity contribution is -0.303. The third kappa shape index (κ3) is 36.4. The van der Waals surface area contributed by atoms with E-state index in [2.05, 4.69) is 25.2 Å². The van der Waals surface area contributed by atoms with Crippen LogP contribution in [0.4, 0.5) is 0 Å². The van der Waals surface area contributed by atoms with Gasteiger partial charge in [0.1, 0.15) is 36.6 Å². The molecule has 8 N–H and O–H groups in total. The molecule has 9 unspecified atom stereocenters. The number of carbonyl (C=O) groups is 1. The Labute approximate surface area is 423 Å². The molecule has 69 heavy (non-hydrogen) atoms. The maximum Gasteiger partial charge on any atom is 0.249 e. The van der Waals surface area contributed by atoms with E-state index in [0.29, 0.717) is 12.8 Å². The minimum Gasteiger partial charge on any atom is -0.394 e. The van der Waals surface area contributed by atoms with Crippen LogP contribution < -0.4 is 5.32 Å².